The molecule has 1 atom stereocenters. The van der Waals surface area contributed by atoms with Crippen LogP contribution < -0.4 is 0 Å². The minimum Gasteiger partial charge on any atom is -0.458 e. The maximum absolute atomic E-state index is 11.1. The Hall–Kier alpha value is -1.13. The summed E-state index contributed by atoms with van der Waals surface area (Å²) in [6.45, 7) is 7.78. The highest BCUT2D eigenvalue weighted by Crippen LogP contribution is 2.22. The Morgan fingerprint density at radius 2 is 2.40 bits per heavy atom. The number of hydrogen-bond acceptors (Lipinski definition) is 4. The SMILES string of the molecule is C=CCOC(=O)C=CC1COC(C)(C)O1. The van der Waals surface area contributed by atoms with Crippen LogP contribution in [0.2, 0.25) is 0 Å². The standard InChI is InChI=1S/C11H16O4/c1-4-7-13-10(12)6-5-9-8-14-11(2,3)15-9/h4-6,9H,1,7-8H2,2-3H3. The average molecular weight is 212 g/mol. The molecule has 15 heavy (non-hydrogen) atoms. The Morgan fingerprint density at radius 1 is 1.67 bits per heavy atom. The molecule has 0 spiro atoms. The van der Waals surface area contributed by atoms with Crippen molar-refractivity contribution in [3.8, 4) is 0 Å². The van der Waals surface area contributed by atoms with E-state index in [1.165, 1.54) is 12.2 Å². The topological polar surface area (TPSA) is 44.8 Å². The predicted molar refractivity (Wildman–Crippen MR) is 55.2 cm³/mol. The lowest BCUT2D eigenvalue weighted by Gasteiger charge is -2.15. The summed E-state index contributed by atoms with van der Waals surface area (Å²) in [6.07, 6.45) is 4.32. The molecular weight excluding hydrogens is 196 g/mol. The number of carbonyl (C=O) groups excluding carboxylic acids is 1. The van der Waals surface area contributed by atoms with E-state index in [1.54, 1.807) is 6.08 Å². The molecule has 1 unspecified atom stereocenters. The smallest absolute Gasteiger partial charge is 0.330 e. The van der Waals surface area contributed by atoms with Crippen molar-refractivity contribution < 1.29 is 19.0 Å². The second kappa shape index (κ2) is 5.09. The summed E-state index contributed by atoms with van der Waals surface area (Å²) < 4.78 is 15.6. The van der Waals surface area contributed by atoms with E-state index in [2.05, 4.69) is 6.58 Å². The van der Waals surface area contributed by atoms with E-state index in [0.717, 1.165) is 0 Å². The zero-order valence-electron chi connectivity index (χ0n) is 9.06. The molecule has 0 aromatic heterocycles. The Balaban J connectivity index is 2.32. The molecule has 1 aliphatic heterocycles. The molecule has 0 radical (unpaired) electrons. The van der Waals surface area contributed by atoms with Gasteiger partial charge in [0.15, 0.2) is 5.79 Å². The molecule has 0 aliphatic carbocycles. The molecule has 0 saturated carbocycles. The zero-order chi connectivity index (χ0) is 11.3. The normalized spacial score (nSPS) is 24.3. The lowest BCUT2D eigenvalue weighted by Crippen LogP contribution is -2.20. The van der Waals surface area contributed by atoms with E-state index in [4.69, 9.17) is 14.2 Å². The molecule has 1 saturated heterocycles. The van der Waals surface area contributed by atoms with Crippen LogP contribution in [0, 0.1) is 0 Å². The van der Waals surface area contributed by atoms with Gasteiger partial charge in [-0.05, 0) is 19.9 Å². The van der Waals surface area contributed by atoms with Gasteiger partial charge in [0.2, 0.25) is 0 Å². The van der Waals surface area contributed by atoms with Crippen LogP contribution in [-0.2, 0) is 19.0 Å². The molecule has 0 aromatic carbocycles. The van der Waals surface area contributed by atoms with Gasteiger partial charge in [-0.3, -0.25) is 0 Å². The summed E-state index contributed by atoms with van der Waals surface area (Å²) in [5, 5.41) is 0. The second-order valence-corrected chi connectivity index (χ2v) is 3.64. The van der Waals surface area contributed by atoms with Gasteiger partial charge in [0.05, 0.1) is 6.61 Å². The van der Waals surface area contributed by atoms with Gasteiger partial charge < -0.3 is 14.2 Å². The molecule has 1 fully saturated rings. The van der Waals surface area contributed by atoms with Crippen molar-refractivity contribution in [2.24, 2.45) is 0 Å². The highest BCUT2D eigenvalue weighted by atomic mass is 16.7. The van der Waals surface area contributed by atoms with Crippen LogP contribution in [-0.4, -0.2) is 31.1 Å². The van der Waals surface area contributed by atoms with E-state index < -0.39 is 11.8 Å². The molecule has 1 rings (SSSR count). The molecule has 84 valence electrons. The molecule has 4 heteroatoms. The highest BCUT2D eigenvalue weighted by Gasteiger charge is 2.31. The molecule has 0 amide bonds. The van der Waals surface area contributed by atoms with E-state index in [1.807, 2.05) is 13.8 Å². The van der Waals surface area contributed by atoms with Crippen LogP contribution in [0.1, 0.15) is 13.8 Å². The first kappa shape index (κ1) is 11.9. The minimum absolute atomic E-state index is 0.184. The third-order valence-corrected chi connectivity index (χ3v) is 1.82. The first-order chi connectivity index (χ1) is 7.03. The first-order valence-electron chi connectivity index (χ1n) is 4.81. The fourth-order valence-corrected chi connectivity index (χ4v) is 1.19. The highest BCUT2D eigenvalue weighted by molar-refractivity contribution is 5.82. The van der Waals surface area contributed by atoms with Gasteiger partial charge in [-0.1, -0.05) is 12.7 Å². The number of ether oxygens (including phenoxy) is 3. The minimum atomic E-state index is -0.569. The van der Waals surface area contributed by atoms with Crippen LogP contribution >= 0.6 is 0 Å². The van der Waals surface area contributed by atoms with Gasteiger partial charge in [-0.2, -0.15) is 0 Å². The molecule has 1 aliphatic rings. The number of rotatable bonds is 4. The van der Waals surface area contributed by atoms with Gasteiger partial charge in [0.25, 0.3) is 0 Å². The summed E-state index contributed by atoms with van der Waals surface area (Å²) in [7, 11) is 0. The predicted octanol–water partition coefficient (Wildman–Crippen LogP) is 1.42. The molecule has 0 bridgehead atoms. The van der Waals surface area contributed by atoms with E-state index in [9.17, 15) is 4.79 Å². The Morgan fingerprint density at radius 3 is 2.93 bits per heavy atom. The van der Waals surface area contributed by atoms with Gasteiger partial charge in [0, 0.05) is 6.08 Å². The third kappa shape index (κ3) is 4.27. The van der Waals surface area contributed by atoms with Gasteiger partial charge in [-0.25, -0.2) is 4.79 Å². The van der Waals surface area contributed by atoms with Crippen molar-refractivity contribution in [3.05, 3.63) is 24.8 Å². The monoisotopic (exact) mass is 212 g/mol. The lowest BCUT2D eigenvalue weighted by atomic mass is 10.3. The summed E-state index contributed by atoms with van der Waals surface area (Å²) in [5.41, 5.74) is 0. The molecule has 0 N–H and O–H groups in total. The average Bonchev–Trinajstić information content (AvgIpc) is 2.52. The number of esters is 1. The maximum atomic E-state index is 11.1. The van der Waals surface area contributed by atoms with Crippen molar-refractivity contribution in [3.63, 3.8) is 0 Å². The maximum Gasteiger partial charge on any atom is 0.330 e. The van der Waals surface area contributed by atoms with Crippen molar-refractivity contribution in [2.75, 3.05) is 13.2 Å². The number of hydrogen-bond donors (Lipinski definition) is 0. The Bertz CT molecular complexity index is 268. The Kier molecular flexibility index (Phi) is 4.05. The Labute approximate surface area is 89.5 Å². The molecular formula is C11H16O4. The fourth-order valence-electron chi connectivity index (χ4n) is 1.19. The van der Waals surface area contributed by atoms with Crippen LogP contribution in [0.25, 0.3) is 0 Å². The van der Waals surface area contributed by atoms with Gasteiger partial charge >= 0.3 is 5.97 Å². The van der Waals surface area contributed by atoms with E-state index >= 15 is 0 Å². The molecule has 1 heterocycles. The van der Waals surface area contributed by atoms with Crippen molar-refractivity contribution in [1.82, 2.24) is 0 Å². The van der Waals surface area contributed by atoms with Crippen LogP contribution in [0.4, 0.5) is 0 Å². The third-order valence-electron chi connectivity index (χ3n) is 1.82. The number of carbonyl (C=O) groups is 1. The second-order valence-electron chi connectivity index (χ2n) is 3.64. The van der Waals surface area contributed by atoms with E-state index in [-0.39, 0.29) is 12.7 Å². The van der Waals surface area contributed by atoms with Crippen molar-refractivity contribution in [1.29, 1.82) is 0 Å². The van der Waals surface area contributed by atoms with Gasteiger partial charge in [0.1, 0.15) is 12.7 Å². The van der Waals surface area contributed by atoms with Crippen LogP contribution in [0.5, 0.6) is 0 Å². The summed E-state index contributed by atoms with van der Waals surface area (Å²) in [4.78, 5) is 11.1. The molecule has 0 aromatic rings. The zero-order valence-corrected chi connectivity index (χ0v) is 9.06. The van der Waals surface area contributed by atoms with Crippen LogP contribution in [0.3, 0.4) is 0 Å². The largest absolute Gasteiger partial charge is 0.458 e. The first-order valence-corrected chi connectivity index (χ1v) is 4.81. The van der Waals surface area contributed by atoms with Crippen molar-refractivity contribution >= 4 is 5.97 Å². The molecule has 4 nitrogen and oxygen atoms in total. The summed E-state index contributed by atoms with van der Waals surface area (Å²) in [5.74, 6) is -0.969. The quantitative estimate of drug-likeness (QED) is 0.401. The summed E-state index contributed by atoms with van der Waals surface area (Å²) >= 11 is 0. The van der Waals surface area contributed by atoms with Crippen LogP contribution in [0.15, 0.2) is 24.8 Å². The fraction of sp³-hybridized carbons (Fsp3) is 0.545. The van der Waals surface area contributed by atoms with E-state index in [0.29, 0.717) is 6.61 Å². The summed E-state index contributed by atoms with van der Waals surface area (Å²) in [6, 6.07) is 0. The van der Waals surface area contributed by atoms with Crippen molar-refractivity contribution in [2.45, 2.75) is 25.7 Å². The van der Waals surface area contributed by atoms with Gasteiger partial charge in [-0.15, -0.1) is 0 Å². The lowest BCUT2D eigenvalue weighted by molar-refractivity contribution is -0.137.